The third-order valence-corrected chi connectivity index (χ3v) is 4.32. The van der Waals surface area contributed by atoms with Crippen LogP contribution in [0.2, 0.25) is 0 Å². The van der Waals surface area contributed by atoms with E-state index < -0.39 is 0 Å². The van der Waals surface area contributed by atoms with E-state index >= 15 is 0 Å². The average molecular weight is 357 g/mol. The highest BCUT2D eigenvalue weighted by molar-refractivity contribution is 5.33. The van der Waals surface area contributed by atoms with E-state index in [0.29, 0.717) is 19.8 Å². The Bertz CT molecular complexity index is 629. The van der Waals surface area contributed by atoms with Crippen LogP contribution >= 0.6 is 0 Å². The zero-order valence-electron chi connectivity index (χ0n) is 16.4. The molecule has 2 aromatic rings. The number of benzene rings is 2. The Labute approximate surface area is 158 Å². The first-order valence-electron chi connectivity index (χ1n) is 9.75. The van der Waals surface area contributed by atoms with Gasteiger partial charge in [0.15, 0.2) is 6.29 Å². The maximum atomic E-state index is 6.05. The van der Waals surface area contributed by atoms with Crippen molar-refractivity contribution in [1.29, 1.82) is 0 Å². The van der Waals surface area contributed by atoms with Crippen LogP contribution in [0.25, 0.3) is 0 Å². The molecule has 0 radical (unpaired) electrons. The molecular formula is C23H32O3. The van der Waals surface area contributed by atoms with Crippen LogP contribution in [-0.2, 0) is 16.1 Å². The highest BCUT2D eigenvalue weighted by atomic mass is 16.7. The van der Waals surface area contributed by atoms with Crippen LogP contribution in [0.15, 0.2) is 48.5 Å². The summed E-state index contributed by atoms with van der Waals surface area (Å²) in [5.41, 5.74) is 3.31. The van der Waals surface area contributed by atoms with Crippen LogP contribution in [0.3, 0.4) is 0 Å². The Morgan fingerprint density at radius 2 is 1.42 bits per heavy atom. The summed E-state index contributed by atoms with van der Waals surface area (Å²) in [6.07, 6.45) is 3.97. The minimum atomic E-state index is -0.329. The summed E-state index contributed by atoms with van der Waals surface area (Å²) in [5, 5.41) is 0. The maximum absolute atomic E-state index is 6.05. The first-order valence-corrected chi connectivity index (χ1v) is 9.75. The summed E-state index contributed by atoms with van der Waals surface area (Å²) >= 11 is 0. The normalized spacial score (nSPS) is 11.1. The quantitative estimate of drug-likeness (QED) is 0.334. The van der Waals surface area contributed by atoms with Crippen molar-refractivity contribution in [3.8, 4) is 5.75 Å². The van der Waals surface area contributed by atoms with Crippen LogP contribution in [0.4, 0.5) is 0 Å². The smallest absolute Gasteiger partial charge is 0.184 e. The second-order valence-corrected chi connectivity index (χ2v) is 6.53. The maximum Gasteiger partial charge on any atom is 0.184 e. The molecule has 3 heteroatoms. The highest BCUT2D eigenvalue weighted by Gasteiger charge is 2.17. The van der Waals surface area contributed by atoms with Gasteiger partial charge in [0.2, 0.25) is 0 Å². The minimum Gasteiger partial charge on any atom is -0.489 e. The molecule has 26 heavy (non-hydrogen) atoms. The predicted octanol–water partition coefficient (Wildman–Crippen LogP) is 6.21. The number of hydrogen-bond acceptors (Lipinski definition) is 3. The molecule has 0 unspecified atom stereocenters. The Morgan fingerprint density at radius 1 is 0.808 bits per heavy atom. The fraction of sp³-hybridized carbons (Fsp3) is 0.478. The Hall–Kier alpha value is -1.84. The number of aryl methyl sites for hydroxylation is 1. The van der Waals surface area contributed by atoms with Crippen molar-refractivity contribution in [3.63, 3.8) is 0 Å². The summed E-state index contributed by atoms with van der Waals surface area (Å²) in [5.74, 6) is 0.914. The molecule has 0 atom stereocenters. The molecule has 0 N–H and O–H groups in total. The molecule has 0 saturated heterocycles. The van der Waals surface area contributed by atoms with Crippen molar-refractivity contribution in [2.45, 2.75) is 59.4 Å². The van der Waals surface area contributed by atoms with E-state index in [1.165, 1.54) is 0 Å². The molecular weight excluding hydrogens is 324 g/mol. The minimum absolute atomic E-state index is 0.329. The summed E-state index contributed by atoms with van der Waals surface area (Å²) in [4.78, 5) is 0. The lowest BCUT2D eigenvalue weighted by molar-refractivity contribution is -0.148. The van der Waals surface area contributed by atoms with Crippen LogP contribution in [-0.4, -0.2) is 13.2 Å². The molecule has 0 aromatic heterocycles. The topological polar surface area (TPSA) is 27.7 Å². The van der Waals surface area contributed by atoms with Crippen molar-refractivity contribution >= 4 is 0 Å². The zero-order chi connectivity index (χ0) is 18.6. The van der Waals surface area contributed by atoms with Crippen LogP contribution in [0.5, 0.6) is 5.75 Å². The second-order valence-electron chi connectivity index (χ2n) is 6.53. The summed E-state index contributed by atoms with van der Waals surface area (Å²) in [6, 6.07) is 16.3. The van der Waals surface area contributed by atoms with Crippen LogP contribution < -0.4 is 4.74 Å². The van der Waals surface area contributed by atoms with Gasteiger partial charge in [-0.2, -0.15) is 0 Å². The number of rotatable bonds is 12. The SMILES string of the molecule is CCCCOC(OCCCC)c1ccccc1COc1ccccc1C. The summed E-state index contributed by atoms with van der Waals surface area (Å²) in [7, 11) is 0. The molecule has 0 amide bonds. The van der Waals surface area contributed by atoms with E-state index in [0.717, 1.165) is 48.1 Å². The lowest BCUT2D eigenvalue weighted by Gasteiger charge is -2.22. The molecule has 0 bridgehead atoms. The first-order chi connectivity index (χ1) is 12.8. The fourth-order valence-electron chi connectivity index (χ4n) is 2.67. The van der Waals surface area contributed by atoms with Crippen molar-refractivity contribution in [3.05, 3.63) is 65.2 Å². The number of hydrogen-bond donors (Lipinski definition) is 0. The molecule has 0 aliphatic carbocycles. The molecule has 2 aromatic carbocycles. The molecule has 142 valence electrons. The second kappa shape index (κ2) is 11.7. The monoisotopic (exact) mass is 356 g/mol. The first kappa shape index (κ1) is 20.5. The van der Waals surface area contributed by atoms with E-state index in [2.05, 4.69) is 39.0 Å². The summed E-state index contributed by atoms with van der Waals surface area (Å²) in [6.45, 7) is 8.32. The zero-order valence-corrected chi connectivity index (χ0v) is 16.4. The van der Waals surface area contributed by atoms with E-state index in [1.807, 2.05) is 30.3 Å². The molecule has 0 spiro atoms. The number of ether oxygens (including phenoxy) is 3. The Morgan fingerprint density at radius 3 is 2.08 bits per heavy atom. The van der Waals surface area contributed by atoms with Gasteiger partial charge in [-0.05, 0) is 37.0 Å². The lowest BCUT2D eigenvalue weighted by atomic mass is 10.1. The average Bonchev–Trinajstić information content (AvgIpc) is 2.67. The predicted molar refractivity (Wildman–Crippen MR) is 106 cm³/mol. The van der Waals surface area contributed by atoms with Gasteiger partial charge < -0.3 is 14.2 Å². The van der Waals surface area contributed by atoms with E-state index in [1.54, 1.807) is 0 Å². The number of para-hydroxylation sites is 1. The molecule has 2 rings (SSSR count). The van der Waals surface area contributed by atoms with Crippen LogP contribution in [0, 0.1) is 6.92 Å². The number of unbranched alkanes of at least 4 members (excludes halogenated alkanes) is 2. The fourth-order valence-corrected chi connectivity index (χ4v) is 2.67. The van der Waals surface area contributed by atoms with Gasteiger partial charge in [0.25, 0.3) is 0 Å². The van der Waals surface area contributed by atoms with Gasteiger partial charge in [-0.3, -0.25) is 0 Å². The molecule has 0 saturated carbocycles. The molecule has 0 aliphatic rings. The third-order valence-electron chi connectivity index (χ3n) is 4.32. The summed E-state index contributed by atoms with van der Waals surface area (Å²) < 4.78 is 18.2. The third kappa shape index (κ3) is 6.47. The molecule has 3 nitrogen and oxygen atoms in total. The van der Waals surface area contributed by atoms with Gasteiger partial charge in [0, 0.05) is 5.56 Å². The molecule has 0 fully saturated rings. The van der Waals surface area contributed by atoms with Gasteiger partial charge in [-0.25, -0.2) is 0 Å². The van der Waals surface area contributed by atoms with E-state index in [-0.39, 0.29) is 6.29 Å². The van der Waals surface area contributed by atoms with Gasteiger partial charge in [-0.15, -0.1) is 0 Å². The van der Waals surface area contributed by atoms with Crippen molar-refractivity contribution < 1.29 is 14.2 Å². The van der Waals surface area contributed by atoms with E-state index in [9.17, 15) is 0 Å². The van der Waals surface area contributed by atoms with Crippen molar-refractivity contribution in [2.24, 2.45) is 0 Å². The largest absolute Gasteiger partial charge is 0.489 e. The lowest BCUT2D eigenvalue weighted by Crippen LogP contribution is -2.14. The Balaban J connectivity index is 2.10. The van der Waals surface area contributed by atoms with Crippen molar-refractivity contribution in [1.82, 2.24) is 0 Å². The standard InChI is InChI=1S/C23H32O3/c1-4-6-16-24-23(25-17-7-5-2)21-14-10-9-13-20(21)18-26-22-15-11-8-12-19(22)3/h8-15,23H,4-7,16-18H2,1-3H3. The van der Waals surface area contributed by atoms with Gasteiger partial charge in [-0.1, -0.05) is 69.2 Å². The van der Waals surface area contributed by atoms with Gasteiger partial charge in [0.05, 0.1) is 13.2 Å². The van der Waals surface area contributed by atoms with E-state index in [4.69, 9.17) is 14.2 Å². The highest BCUT2D eigenvalue weighted by Crippen LogP contribution is 2.26. The Kier molecular flexibility index (Phi) is 9.22. The van der Waals surface area contributed by atoms with Gasteiger partial charge >= 0.3 is 0 Å². The molecule has 0 heterocycles. The van der Waals surface area contributed by atoms with Crippen LogP contribution in [0.1, 0.15) is 62.5 Å². The van der Waals surface area contributed by atoms with Crippen molar-refractivity contribution in [2.75, 3.05) is 13.2 Å². The van der Waals surface area contributed by atoms with Gasteiger partial charge in [0.1, 0.15) is 12.4 Å². The molecule has 0 aliphatic heterocycles.